The highest BCUT2D eigenvalue weighted by molar-refractivity contribution is 5.97. The zero-order valence-electron chi connectivity index (χ0n) is 11.8. The van der Waals surface area contributed by atoms with E-state index >= 15 is 0 Å². The Kier molecular flexibility index (Phi) is 3.88. The van der Waals surface area contributed by atoms with Crippen molar-refractivity contribution in [2.75, 3.05) is 0 Å². The maximum absolute atomic E-state index is 12.0. The van der Waals surface area contributed by atoms with Crippen molar-refractivity contribution in [3.8, 4) is 0 Å². The number of carboxylic acid groups (broad SMARTS) is 1. The van der Waals surface area contributed by atoms with Crippen LogP contribution >= 0.6 is 0 Å². The number of aliphatic hydroxyl groups is 1. The zero-order valence-corrected chi connectivity index (χ0v) is 11.8. The van der Waals surface area contributed by atoms with Gasteiger partial charge in [-0.25, -0.2) is 4.79 Å². The lowest BCUT2D eigenvalue weighted by molar-refractivity contribution is -0.118. The topological polar surface area (TPSA) is 99.3 Å². The summed E-state index contributed by atoms with van der Waals surface area (Å²) in [6.45, 7) is 3.77. The van der Waals surface area contributed by atoms with Gasteiger partial charge in [-0.15, -0.1) is 10.2 Å². The van der Waals surface area contributed by atoms with Gasteiger partial charge in [-0.05, 0) is 17.5 Å². The van der Waals surface area contributed by atoms with E-state index in [1.54, 1.807) is 12.1 Å². The second-order valence-electron chi connectivity index (χ2n) is 5.76. The van der Waals surface area contributed by atoms with Crippen molar-refractivity contribution >= 4 is 17.4 Å². The van der Waals surface area contributed by atoms with E-state index in [-0.39, 0.29) is 40.3 Å². The molecule has 0 unspecified atom stereocenters. The molecule has 0 atom stereocenters. The van der Waals surface area contributed by atoms with E-state index in [0.717, 1.165) is 0 Å². The second-order valence-corrected chi connectivity index (χ2v) is 5.76. The van der Waals surface area contributed by atoms with Crippen LogP contribution in [0.2, 0.25) is 0 Å². The largest absolute Gasteiger partial charge is 0.510 e. The van der Waals surface area contributed by atoms with E-state index < -0.39 is 5.97 Å². The van der Waals surface area contributed by atoms with Gasteiger partial charge in [0.25, 0.3) is 0 Å². The fourth-order valence-electron chi connectivity index (χ4n) is 2.24. The van der Waals surface area contributed by atoms with Gasteiger partial charge in [-0.2, -0.15) is 0 Å². The third-order valence-corrected chi connectivity index (χ3v) is 3.21. The first-order valence-electron chi connectivity index (χ1n) is 6.49. The fraction of sp³-hybridized carbons (Fsp3) is 0.333. The van der Waals surface area contributed by atoms with Crippen LogP contribution < -0.4 is 0 Å². The van der Waals surface area contributed by atoms with Crippen LogP contribution in [0.25, 0.3) is 0 Å². The molecule has 0 amide bonds. The molecular formula is C15H16N2O4. The minimum absolute atomic E-state index is 0.00933. The number of nitrogens with zero attached hydrogens (tertiary/aromatic N) is 2. The molecule has 0 saturated carbocycles. The standard InChI is InChI=1S/C15H16N2O4/c1-15(2)7-11(18)13(12(19)8-15)17-16-10-6-4-3-5-9(10)14(20)21/h3-6,18H,7-8H2,1-2H3,(H,20,21). The Morgan fingerprint density at radius 3 is 2.48 bits per heavy atom. The van der Waals surface area contributed by atoms with Crippen molar-refractivity contribution in [1.29, 1.82) is 0 Å². The van der Waals surface area contributed by atoms with Gasteiger partial charge >= 0.3 is 5.97 Å². The average Bonchev–Trinajstić information content (AvgIpc) is 2.36. The molecule has 1 aromatic carbocycles. The molecule has 0 heterocycles. The van der Waals surface area contributed by atoms with Crippen LogP contribution in [-0.4, -0.2) is 22.0 Å². The minimum atomic E-state index is -1.13. The van der Waals surface area contributed by atoms with Gasteiger partial charge in [-0.1, -0.05) is 26.0 Å². The Morgan fingerprint density at radius 2 is 1.86 bits per heavy atom. The summed E-state index contributed by atoms with van der Waals surface area (Å²) in [6, 6.07) is 6.09. The van der Waals surface area contributed by atoms with E-state index in [0.29, 0.717) is 6.42 Å². The number of carbonyl (C=O) groups is 2. The van der Waals surface area contributed by atoms with E-state index in [2.05, 4.69) is 10.2 Å². The molecule has 0 spiro atoms. The van der Waals surface area contributed by atoms with Crippen molar-refractivity contribution in [2.45, 2.75) is 26.7 Å². The van der Waals surface area contributed by atoms with E-state index in [9.17, 15) is 14.7 Å². The molecule has 2 N–H and O–H groups in total. The van der Waals surface area contributed by atoms with Crippen LogP contribution in [0.3, 0.4) is 0 Å². The fourth-order valence-corrected chi connectivity index (χ4v) is 2.24. The molecule has 0 bridgehead atoms. The van der Waals surface area contributed by atoms with Crippen LogP contribution in [0.1, 0.15) is 37.0 Å². The lowest BCUT2D eigenvalue weighted by Gasteiger charge is -2.27. The number of benzene rings is 1. The summed E-state index contributed by atoms with van der Waals surface area (Å²) in [5.74, 6) is -1.52. The maximum Gasteiger partial charge on any atom is 0.337 e. The number of hydrogen-bond donors (Lipinski definition) is 2. The number of azo groups is 1. The summed E-state index contributed by atoms with van der Waals surface area (Å²) in [5, 5.41) is 26.5. The molecule has 110 valence electrons. The highest BCUT2D eigenvalue weighted by Crippen LogP contribution is 2.36. The third kappa shape index (κ3) is 3.34. The molecule has 6 heteroatoms. The van der Waals surface area contributed by atoms with Gasteiger partial charge in [0.15, 0.2) is 11.5 Å². The first-order valence-corrected chi connectivity index (χ1v) is 6.49. The molecule has 1 aromatic rings. The summed E-state index contributed by atoms with van der Waals surface area (Å²) in [7, 11) is 0. The molecule has 6 nitrogen and oxygen atoms in total. The van der Waals surface area contributed by atoms with Crippen molar-refractivity contribution in [2.24, 2.45) is 15.6 Å². The van der Waals surface area contributed by atoms with Crippen molar-refractivity contribution in [3.63, 3.8) is 0 Å². The van der Waals surface area contributed by atoms with E-state index in [1.165, 1.54) is 12.1 Å². The number of rotatable bonds is 3. The monoisotopic (exact) mass is 288 g/mol. The van der Waals surface area contributed by atoms with Gasteiger partial charge < -0.3 is 10.2 Å². The lowest BCUT2D eigenvalue weighted by Crippen LogP contribution is -2.25. The lowest BCUT2D eigenvalue weighted by atomic mass is 9.78. The molecule has 21 heavy (non-hydrogen) atoms. The minimum Gasteiger partial charge on any atom is -0.510 e. The number of Topliss-reactive ketones (excluding diaryl/α,β-unsaturated/α-hetero) is 1. The normalized spacial score (nSPS) is 18.3. The molecule has 1 aliphatic rings. The summed E-state index contributed by atoms with van der Waals surface area (Å²) in [5.41, 5.74) is -0.263. The van der Waals surface area contributed by atoms with E-state index in [4.69, 9.17) is 5.11 Å². The second kappa shape index (κ2) is 5.47. The maximum atomic E-state index is 12.0. The first-order chi connectivity index (χ1) is 9.80. The number of aliphatic hydroxyl groups excluding tert-OH is 1. The summed E-state index contributed by atoms with van der Waals surface area (Å²) in [4.78, 5) is 23.0. The predicted molar refractivity (Wildman–Crippen MR) is 75.6 cm³/mol. The average molecular weight is 288 g/mol. The number of carbonyl (C=O) groups excluding carboxylic acids is 1. The van der Waals surface area contributed by atoms with Crippen molar-refractivity contribution in [3.05, 3.63) is 41.3 Å². The number of carboxylic acids is 1. The Hall–Kier alpha value is -2.50. The molecular weight excluding hydrogens is 272 g/mol. The molecule has 0 radical (unpaired) electrons. The third-order valence-electron chi connectivity index (χ3n) is 3.21. The Balaban J connectivity index is 2.34. The number of hydrogen-bond acceptors (Lipinski definition) is 5. The molecule has 0 aliphatic heterocycles. The highest BCUT2D eigenvalue weighted by atomic mass is 16.4. The van der Waals surface area contributed by atoms with Gasteiger partial charge in [0.1, 0.15) is 11.4 Å². The van der Waals surface area contributed by atoms with Crippen molar-refractivity contribution < 1.29 is 19.8 Å². The van der Waals surface area contributed by atoms with Gasteiger partial charge in [0.2, 0.25) is 0 Å². The highest BCUT2D eigenvalue weighted by Gasteiger charge is 2.33. The van der Waals surface area contributed by atoms with Crippen LogP contribution in [0, 0.1) is 5.41 Å². The zero-order chi connectivity index (χ0) is 15.6. The molecule has 1 aliphatic carbocycles. The van der Waals surface area contributed by atoms with Gasteiger partial charge in [0, 0.05) is 12.8 Å². The molecule has 2 rings (SSSR count). The Labute approximate surface area is 121 Å². The van der Waals surface area contributed by atoms with Crippen LogP contribution in [-0.2, 0) is 4.79 Å². The predicted octanol–water partition coefficient (Wildman–Crippen LogP) is 3.63. The van der Waals surface area contributed by atoms with Gasteiger partial charge in [0.05, 0.1) is 5.56 Å². The molecule has 0 aromatic heterocycles. The molecule has 0 fully saturated rings. The quantitative estimate of drug-likeness (QED) is 0.829. The Bertz CT molecular complexity index is 659. The summed E-state index contributed by atoms with van der Waals surface area (Å²) < 4.78 is 0. The van der Waals surface area contributed by atoms with Crippen LogP contribution in [0.15, 0.2) is 46.0 Å². The van der Waals surface area contributed by atoms with Gasteiger partial charge in [-0.3, -0.25) is 4.79 Å². The first kappa shape index (κ1) is 14.9. The Morgan fingerprint density at radius 1 is 1.19 bits per heavy atom. The number of aromatic carboxylic acids is 1. The molecule has 0 saturated heterocycles. The van der Waals surface area contributed by atoms with Crippen LogP contribution in [0.4, 0.5) is 5.69 Å². The summed E-state index contributed by atoms with van der Waals surface area (Å²) in [6.07, 6.45) is 0.611. The summed E-state index contributed by atoms with van der Waals surface area (Å²) >= 11 is 0. The van der Waals surface area contributed by atoms with E-state index in [1.807, 2.05) is 13.8 Å². The number of ketones is 1. The van der Waals surface area contributed by atoms with Crippen LogP contribution in [0.5, 0.6) is 0 Å². The SMILES string of the molecule is CC1(C)CC(=O)C(N=Nc2ccccc2C(=O)O)=C(O)C1. The van der Waals surface area contributed by atoms with Crippen molar-refractivity contribution in [1.82, 2.24) is 0 Å². The smallest absolute Gasteiger partial charge is 0.337 e. The number of allylic oxidation sites excluding steroid dienone is 2.